The third-order valence-corrected chi connectivity index (χ3v) is 5.33. The Balaban J connectivity index is 1.87. The molecule has 0 atom stereocenters. The van der Waals surface area contributed by atoms with Crippen molar-refractivity contribution in [1.82, 2.24) is 9.55 Å². The Morgan fingerprint density at radius 1 is 1.48 bits per heavy atom. The van der Waals surface area contributed by atoms with Crippen LogP contribution in [0.25, 0.3) is 21.5 Å². The van der Waals surface area contributed by atoms with E-state index in [-0.39, 0.29) is 4.88 Å². The highest BCUT2D eigenvalue weighted by Gasteiger charge is 2.26. The molecule has 2 heterocycles. The van der Waals surface area contributed by atoms with Crippen LogP contribution >= 0.6 is 11.3 Å². The zero-order valence-electron chi connectivity index (χ0n) is 12.4. The number of nitriles is 1. The number of carbonyl (C=O) groups is 1. The first-order valence-electron chi connectivity index (χ1n) is 7.34. The summed E-state index contributed by atoms with van der Waals surface area (Å²) in [5.41, 5.74) is 3.08. The zero-order chi connectivity index (χ0) is 16.1. The minimum atomic E-state index is -0.954. The van der Waals surface area contributed by atoms with Crippen LogP contribution in [0.15, 0.2) is 24.4 Å². The predicted molar refractivity (Wildman–Crippen MR) is 87.7 cm³/mol. The fourth-order valence-electron chi connectivity index (χ4n) is 2.85. The summed E-state index contributed by atoms with van der Waals surface area (Å²) >= 11 is 1.17. The number of rotatable bonds is 3. The number of benzene rings is 1. The fraction of sp³-hybridized carbons (Fsp3) is 0.235. The molecule has 1 aliphatic rings. The molecule has 2 aromatic heterocycles. The number of thiazole rings is 1. The fourth-order valence-corrected chi connectivity index (χ4v) is 3.75. The summed E-state index contributed by atoms with van der Waals surface area (Å²) in [5.74, 6) is -0.954. The second kappa shape index (κ2) is 4.93. The van der Waals surface area contributed by atoms with Crippen molar-refractivity contribution in [3.63, 3.8) is 0 Å². The highest BCUT2D eigenvalue weighted by atomic mass is 32.1. The molecule has 0 bridgehead atoms. The van der Waals surface area contributed by atoms with E-state index in [1.165, 1.54) is 11.3 Å². The van der Waals surface area contributed by atoms with Gasteiger partial charge in [-0.1, -0.05) is 0 Å². The van der Waals surface area contributed by atoms with E-state index in [0.717, 1.165) is 29.3 Å². The smallest absolute Gasteiger partial charge is 0.347 e. The molecule has 0 spiro atoms. The van der Waals surface area contributed by atoms with Crippen molar-refractivity contribution in [2.24, 2.45) is 0 Å². The summed E-state index contributed by atoms with van der Waals surface area (Å²) in [5, 5.41) is 20.1. The maximum absolute atomic E-state index is 11.2. The van der Waals surface area contributed by atoms with E-state index >= 15 is 0 Å². The first-order valence-corrected chi connectivity index (χ1v) is 8.16. The number of hydrogen-bond donors (Lipinski definition) is 1. The monoisotopic (exact) mass is 323 g/mol. The number of carboxylic acids is 1. The SMILES string of the molecule is Cc1nc(-c2ccc3c(c2)c(C#N)cn3C2CC2)sc1C(=O)O. The summed E-state index contributed by atoms with van der Waals surface area (Å²) in [6.45, 7) is 1.70. The molecular weight excluding hydrogens is 310 g/mol. The van der Waals surface area contributed by atoms with Crippen molar-refractivity contribution in [1.29, 1.82) is 5.26 Å². The van der Waals surface area contributed by atoms with Crippen molar-refractivity contribution in [2.75, 3.05) is 0 Å². The lowest BCUT2D eigenvalue weighted by atomic mass is 10.1. The molecule has 0 saturated heterocycles. The van der Waals surface area contributed by atoms with E-state index in [0.29, 0.717) is 22.3 Å². The lowest BCUT2D eigenvalue weighted by Crippen LogP contribution is -1.94. The molecule has 0 amide bonds. The van der Waals surface area contributed by atoms with E-state index < -0.39 is 5.97 Å². The second-order valence-corrected chi connectivity index (χ2v) is 6.76. The number of hydrogen-bond acceptors (Lipinski definition) is 4. The number of nitrogens with zero attached hydrogens (tertiary/aromatic N) is 3. The number of carboxylic acid groups (broad SMARTS) is 1. The number of fused-ring (bicyclic) bond motifs is 1. The molecule has 0 radical (unpaired) electrons. The molecule has 1 saturated carbocycles. The average Bonchev–Trinajstić information content (AvgIpc) is 3.20. The lowest BCUT2D eigenvalue weighted by Gasteiger charge is -2.03. The van der Waals surface area contributed by atoms with Gasteiger partial charge in [-0.05, 0) is 38.0 Å². The van der Waals surface area contributed by atoms with Crippen LogP contribution in [-0.2, 0) is 0 Å². The Hall–Kier alpha value is -2.65. The maximum Gasteiger partial charge on any atom is 0.347 e. The van der Waals surface area contributed by atoms with Gasteiger partial charge in [0, 0.05) is 28.7 Å². The van der Waals surface area contributed by atoms with Crippen LogP contribution < -0.4 is 0 Å². The van der Waals surface area contributed by atoms with Crippen LogP contribution in [0.1, 0.15) is 39.8 Å². The van der Waals surface area contributed by atoms with Gasteiger partial charge in [0.1, 0.15) is 16.0 Å². The van der Waals surface area contributed by atoms with Crippen LogP contribution in [0.4, 0.5) is 0 Å². The summed E-state index contributed by atoms with van der Waals surface area (Å²) in [7, 11) is 0. The summed E-state index contributed by atoms with van der Waals surface area (Å²) < 4.78 is 2.17. The molecule has 114 valence electrons. The van der Waals surface area contributed by atoms with Crippen molar-refractivity contribution < 1.29 is 9.90 Å². The summed E-state index contributed by atoms with van der Waals surface area (Å²) in [6, 6.07) is 8.65. The Morgan fingerprint density at radius 3 is 2.87 bits per heavy atom. The Labute approximate surface area is 136 Å². The minimum Gasteiger partial charge on any atom is -0.477 e. The predicted octanol–water partition coefficient (Wildman–Crippen LogP) is 3.98. The quantitative estimate of drug-likeness (QED) is 0.790. The topological polar surface area (TPSA) is 78.9 Å². The number of aromatic nitrogens is 2. The van der Waals surface area contributed by atoms with E-state index in [4.69, 9.17) is 0 Å². The van der Waals surface area contributed by atoms with Crippen molar-refractivity contribution >= 4 is 28.2 Å². The van der Waals surface area contributed by atoms with Crippen LogP contribution in [0.3, 0.4) is 0 Å². The van der Waals surface area contributed by atoms with E-state index in [2.05, 4.69) is 15.6 Å². The van der Waals surface area contributed by atoms with Gasteiger partial charge in [0.25, 0.3) is 0 Å². The number of aromatic carboxylic acids is 1. The Morgan fingerprint density at radius 2 is 2.26 bits per heavy atom. The van der Waals surface area contributed by atoms with Gasteiger partial charge in [0.2, 0.25) is 0 Å². The normalized spacial score (nSPS) is 14.1. The molecule has 1 fully saturated rings. The van der Waals surface area contributed by atoms with Crippen LogP contribution in [0, 0.1) is 18.3 Å². The molecule has 1 aliphatic carbocycles. The first kappa shape index (κ1) is 14.0. The largest absolute Gasteiger partial charge is 0.477 e. The van der Waals surface area contributed by atoms with Crippen molar-refractivity contribution in [3.05, 3.63) is 40.5 Å². The molecular formula is C17H13N3O2S. The standard InChI is InChI=1S/C17H13N3O2S/c1-9-15(17(21)22)23-16(19-9)10-2-5-14-13(6-10)11(7-18)8-20(14)12-3-4-12/h2,5-6,8,12H,3-4H2,1H3,(H,21,22). The highest BCUT2D eigenvalue weighted by molar-refractivity contribution is 7.17. The van der Waals surface area contributed by atoms with Crippen molar-refractivity contribution in [2.45, 2.75) is 25.8 Å². The molecule has 0 unspecified atom stereocenters. The number of aryl methyl sites for hydroxylation is 1. The van der Waals surface area contributed by atoms with Gasteiger partial charge in [-0.15, -0.1) is 11.3 Å². The van der Waals surface area contributed by atoms with Gasteiger partial charge in [-0.2, -0.15) is 5.26 Å². The van der Waals surface area contributed by atoms with E-state index in [9.17, 15) is 15.2 Å². The van der Waals surface area contributed by atoms with Crippen LogP contribution in [0.5, 0.6) is 0 Å². The van der Waals surface area contributed by atoms with E-state index in [1.54, 1.807) is 6.92 Å². The summed E-state index contributed by atoms with van der Waals surface area (Å²) in [4.78, 5) is 15.8. The second-order valence-electron chi connectivity index (χ2n) is 5.76. The van der Waals surface area contributed by atoms with Gasteiger partial charge >= 0.3 is 5.97 Å². The third kappa shape index (κ3) is 2.21. The Bertz CT molecular complexity index is 989. The molecule has 0 aliphatic heterocycles. The van der Waals surface area contributed by atoms with Crippen LogP contribution in [-0.4, -0.2) is 20.6 Å². The molecule has 23 heavy (non-hydrogen) atoms. The molecule has 6 heteroatoms. The van der Waals surface area contributed by atoms with Crippen LogP contribution in [0.2, 0.25) is 0 Å². The lowest BCUT2D eigenvalue weighted by molar-refractivity contribution is 0.0701. The molecule has 5 nitrogen and oxygen atoms in total. The first-order chi connectivity index (χ1) is 11.1. The molecule has 4 rings (SSSR count). The zero-order valence-corrected chi connectivity index (χ0v) is 13.2. The van der Waals surface area contributed by atoms with Gasteiger partial charge < -0.3 is 9.67 Å². The van der Waals surface area contributed by atoms with Gasteiger partial charge in [-0.3, -0.25) is 0 Å². The summed E-state index contributed by atoms with van der Waals surface area (Å²) in [6.07, 6.45) is 4.23. The van der Waals surface area contributed by atoms with E-state index in [1.807, 2.05) is 24.4 Å². The maximum atomic E-state index is 11.2. The third-order valence-electron chi connectivity index (χ3n) is 4.13. The highest BCUT2D eigenvalue weighted by Crippen LogP contribution is 2.40. The minimum absolute atomic E-state index is 0.260. The molecule has 1 aromatic carbocycles. The molecule has 3 aromatic rings. The van der Waals surface area contributed by atoms with Crippen molar-refractivity contribution in [3.8, 4) is 16.6 Å². The Kier molecular flexibility index (Phi) is 3.00. The molecule has 1 N–H and O–H groups in total. The average molecular weight is 323 g/mol. The van der Waals surface area contributed by atoms with Gasteiger partial charge in [-0.25, -0.2) is 9.78 Å². The van der Waals surface area contributed by atoms with Gasteiger partial charge in [0.05, 0.1) is 11.3 Å². The van der Waals surface area contributed by atoms with Gasteiger partial charge in [0.15, 0.2) is 0 Å².